The number of nitrogens with zero attached hydrogens (tertiary/aromatic N) is 4. The van der Waals surface area contributed by atoms with Gasteiger partial charge in [-0.2, -0.15) is 28.1 Å². The molecule has 0 atom stereocenters. The number of halogens is 6. The molecule has 0 spiro atoms. The van der Waals surface area contributed by atoms with Gasteiger partial charge in [-0.05, 0) is 36.4 Å². The molecule has 4 aromatic rings. The summed E-state index contributed by atoms with van der Waals surface area (Å²) >= 11 is 17.2. The quantitative estimate of drug-likeness (QED) is 0.109. The molecule has 4 rings (SSSR count). The van der Waals surface area contributed by atoms with E-state index in [4.69, 9.17) is 35.4 Å². The van der Waals surface area contributed by atoms with Crippen molar-refractivity contribution in [2.24, 2.45) is 0 Å². The molecule has 0 amide bonds. The highest BCUT2D eigenvalue weighted by Gasteiger charge is 2.30. The number of nitrogens with one attached hydrogen (secondary N) is 3. The number of hydrogen-bond acceptors (Lipinski definition) is 7. The van der Waals surface area contributed by atoms with E-state index in [1.165, 1.54) is 36.5 Å². The van der Waals surface area contributed by atoms with E-state index in [1.54, 1.807) is 12.1 Å². The fraction of sp³-hybridized carbons (Fsp3) is 0.0455. The molecule has 2 aromatic carbocycles. The van der Waals surface area contributed by atoms with Crippen LogP contribution in [0.2, 0.25) is 10.2 Å². The molecular weight excluding hydrogens is 541 g/mol. The number of anilines is 3. The van der Waals surface area contributed by atoms with Gasteiger partial charge < -0.3 is 5.32 Å². The first-order valence-electron chi connectivity index (χ1n) is 9.93. The van der Waals surface area contributed by atoms with Crippen LogP contribution in [-0.2, 0) is 6.18 Å². The predicted molar refractivity (Wildman–Crippen MR) is 133 cm³/mol. The van der Waals surface area contributed by atoms with Gasteiger partial charge in [0.2, 0.25) is 11.9 Å². The number of pyridine rings is 1. The Hall–Kier alpha value is -3.61. The second-order valence-corrected chi connectivity index (χ2v) is 8.25. The molecule has 2 heterocycles. The number of benzene rings is 2. The average molecular weight is 554 g/mol. The van der Waals surface area contributed by atoms with Gasteiger partial charge in [-0.1, -0.05) is 53.6 Å². The average Bonchev–Trinajstić information content (AvgIpc) is 2.83. The van der Waals surface area contributed by atoms with E-state index in [0.717, 1.165) is 12.1 Å². The molecule has 3 N–H and O–H groups in total. The molecule has 0 saturated heterocycles. The van der Waals surface area contributed by atoms with Gasteiger partial charge in [0.1, 0.15) is 16.0 Å². The maximum Gasteiger partial charge on any atom is 0.416 e. The Morgan fingerprint density at radius 3 is 2.25 bits per heavy atom. The van der Waals surface area contributed by atoms with Gasteiger partial charge in [-0.25, -0.2) is 9.37 Å². The van der Waals surface area contributed by atoms with Crippen molar-refractivity contribution in [3.63, 3.8) is 0 Å². The summed E-state index contributed by atoms with van der Waals surface area (Å²) in [6.45, 7) is 0. The normalized spacial score (nSPS) is 11.2. The zero-order chi connectivity index (χ0) is 25.9. The molecule has 184 valence electrons. The fourth-order valence-electron chi connectivity index (χ4n) is 2.89. The first-order chi connectivity index (χ1) is 17.1. The lowest BCUT2D eigenvalue weighted by Gasteiger charge is -2.13. The Kier molecular flexibility index (Phi) is 7.48. The van der Waals surface area contributed by atoms with Crippen molar-refractivity contribution in [1.29, 1.82) is 0 Å². The molecule has 36 heavy (non-hydrogen) atoms. The van der Waals surface area contributed by atoms with Crippen LogP contribution in [0.3, 0.4) is 0 Å². The molecule has 0 saturated carbocycles. The molecule has 7 nitrogen and oxygen atoms in total. The topological polar surface area (TPSA) is 87.7 Å². The second-order valence-electron chi connectivity index (χ2n) is 7.05. The molecule has 0 unspecified atom stereocenters. The summed E-state index contributed by atoms with van der Waals surface area (Å²) in [5.41, 5.74) is 5.22. The minimum Gasteiger partial charge on any atom is -0.323 e. The van der Waals surface area contributed by atoms with Gasteiger partial charge in [-0.3, -0.25) is 10.9 Å². The van der Waals surface area contributed by atoms with Crippen LogP contribution in [0.1, 0.15) is 11.1 Å². The van der Waals surface area contributed by atoms with Crippen molar-refractivity contribution in [3.8, 4) is 11.4 Å². The van der Waals surface area contributed by atoms with E-state index in [0.29, 0.717) is 11.3 Å². The highest BCUT2D eigenvalue weighted by Crippen LogP contribution is 2.30. The number of alkyl halides is 3. The van der Waals surface area contributed by atoms with E-state index in [1.807, 2.05) is 0 Å². The largest absolute Gasteiger partial charge is 0.416 e. The third kappa shape index (κ3) is 6.14. The molecular formula is C22H13Cl2F4N7S. The standard InChI is InChI=1S/C22H13Cl2F4N7S/c23-14-2-1-3-15(25)17(14)18-31-20(30-13-8-9-16(24)29-10-13)33-21(32-18)35-34-19(36)11-4-6-12(7-5-11)22(26,27)28/h1-10H,(H,34,36)(H2,30,31,32,33,35). The van der Waals surface area contributed by atoms with Crippen molar-refractivity contribution >= 4 is 58.0 Å². The van der Waals surface area contributed by atoms with Gasteiger partial charge in [0.05, 0.1) is 28.0 Å². The summed E-state index contributed by atoms with van der Waals surface area (Å²) in [5.74, 6) is -0.833. The monoisotopic (exact) mass is 553 g/mol. The number of rotatable bonds is 6. The smallest absolute Gasteiger partial charge is 0.323 e. The van der Waals surface area contributed by atoms with E-state index in [-0.39, 0.29) is 38.4 Å². The van der Waals surface area contributed by atoms with Crippen LogP contribution in [0.4, 0.5) is 35.1 Å². The van der Waals surface area contributed by atoms with Crippen LogP contribution in [0.25, 0.3) is 11.4 Å². The van der Waals surface area contributed by atoms with Gasteiger partial charge in [0.25, 0.3) is 0 Å². The van der Waals surface area contributed by atoms with Gasteiger partial charge in [0.15, 0.2) is 5.82 Å². The highest BCUT2D eigenvalue weighted by molar-refractivity contribution is 7.80. The lowest BCUT2D eigenvalue weighted by molar-refractivity contribution is -0.137. The van der Waals surface area contributed by atoms with Gasteiger partial charge in [0, 0.05) is 5.56 Å². The van der Waals surface area contributed by atoms with Crippen LogP contribution < -0.4 is 16.2 Å². The number of thiocarbonyl (C=S) groups is 1. The summed E-state index contributed by atoms with van der Waals surface area (Å²) in [5, 5.41) is 3.25. The van der Waals surface area contributed by atoms with Gasteiger partial charge >= 0.3 is 6.18 Å². The molecule has 0 aliphatic carbocycles. The molecule has 14 heteroatoms. The molecule has 2 aromatic heterocycles. The summed E-state index contributed by atoms with van der Waals surface area (Å²) in [6.07, 6.45) is -3.03. The van der Waals surface area contributed by atoms with Crippen LogP contribution in [0.15, 0.2) is 60.8 Å². The van der Waals surface area contributed by atoms with Crippen molar-refractivity contribution in [2.45, 2.75) is 6.18 Å². The Labute approximate surface area is 216 Å². The Morgan fingerprint density at radius 1 is 0.889 bits per heavy atom. The van der Waals surface area contributed by atoms with Crippen molar-refractivity contribution in [2.75, 3.05) is 10.7 Å². The van der Waals surface area contributed by atoms with E-state index in [2.05, 4.69) is 36.1 Å². The lowest BCUT2D eigenvalue weighted by atomic mass is 10.1. The first-order valence-corrected chi connectivity index (χ1v) is 11.1. The van der Waals surface area contributed by atoms with Crippen LogP contribution in [0.5, 0.6) is 0 Å². The summed E-state index contributed by atoms with van der Waals surface area (Å²) in [4.78, 5) is 16.6. The zero-order valence-corrected chi connectivity index (χ0v) is 20.1. The Bertz CT molecular complexity index is 1380. The highest BCUT2D eigenvalue weighted by atomic mass is 35.5. The SMILES string of the molecule is Fc1cccc(Cl)c1-c1nc(NNC(=S)c2ccc(C(F)(F)F)cc2)nc(Nc2ccc(Cl)nc2)n1. The maximum absolute atomic E-state index is 14.6. The maximum atomic E-state index is 14.6. The molecule has 0 aliphatic rings. The van der Waals surface area contributed by atoms with E-state index >= 15 is 0 Å². The van der Waals surface area contributed by atoms with Gasteiger partial charge in [-0.15, -0.1) is 0 Å². The van der Waals surface area contributed by atoms with Crippen molar-refractivity contribution in [1.82, 2.24) is 25.4 Å². The number of aromatic nitrogens is 4. The molecule has 0 fully saturated rings. The predicted octanol–water partition coefficient (Wildman–Crippen LogP) is 6.43. The third-order valence-electron chi connectivity index (χ3n) is 4.57. The van der Waals surface area contributed by atoms with Crippen LogP contribution in [0, 0.1) is 5.82 Å². The molecule has 0 bridgehead atoms. The Morgan fingerprint density at radius 2 is 1.61 bits per heavy atom. The minimum absolute atomic E-state index is 0.00758. The van der Waals surface area contributed by atoms with Crippen LogP contribution in [-0.4, -0.2) is 24.9 Å². The van der Waals surface area contributed by atoms with Crippen molar-refractivity contribution in [3.05, 3.63) is 87.9 Å². The summed E-state index contributed by atoms with van der Waals surface area (Å²) in [7, 11) is 0. The number of hydrogen-bond donors (Lipinski definition) is 3. The van der Waals surface area contributed by atoms with E-state index in [9.17, 15) is 17.6 Å². The number of hydrazine groups is 1. The molecule has 0 aliphatic heterocycles. The third-order valence-corrected chi connectivity index (χ3v) is 5.44. The molecule has 0 radical (unpaired) electrons. The van der Waals surface area contributed by atoms with Crippen molar-refractivity contribution < 1.29 is 17.6 Å². The minimum atomic E-state index is -4.47. The summed E-state index contributed by atoms with van der Waals surface area (Å²) in [6, 6.07) is 11.5. The van der Waals surface area contributed by atoms with E-state index < -0.39 is 17.6 Å². The Balaban J connectivity index is 1.61. The lowest BCUT2D eigenvalue weighted by Crippen LogP contribution is -2.30. The zero-order valence-electron chi connectivity index (χ0n) is 17.7. The second kappa shape index (κ2) is 10.6. The first kappa shape index (κ1) is 25.5. The van der Waals surface area contributed by atoms with Crippen LogP contribution >= 0.6 is 35.4 Å². The summed E-state index contributed by atoms with van der Waals surface area (Å²) < 4.78 is 53.0. The fourth-order valence-corrected chi connectivity index (χ4v) is 3.43.